The molecule has 3 saturated heterocycles. The van der Waals surface area contributed by atoms with Crippen LogP contribution in [0.1, 0.15) is 56.1 Å². The minimum atomic E-state index is -3.57. The molecule has 5 heterocycles. The molecule has 3 amide bonds. The Kier molecular flexibility index (Phi) is 10.3. The van der Waals surface area contributed by atoms with Crippen molar-refractivity contribution in [2.24, 2.45) is 13.0 Å². The highest BCUT2D eigenvalue weighted by atomic mass is 35.5. The summed E-state index contributed by atoms with van der Waals surface area (Å²) in [6, 6.07) is 13.5. The fourth-order valence-corrected chi connectivity index (χ4v) is 9.16. The van der Waals surface area contributed by atoms with Gasteiger partial charge in [-0.1, -0.05) is 36.7 Å². The van der Waals surface area contributed by atoms with E-state index in [0.717, 1.165) is 55.4 Å². The molecule has 0 aliphatic carbocycles. The van der Waals surface area contributed by atoms with Gasteiger partial charge in [0.15, 0.2) is 5.82 Å². The lowest BCUT2D eigenvalue weighted by atomic mass is 9.88. The fraction of sp³-hybridized carbons (Fsp3) is 0.472. The van der Waals surface area contributed by atoms with Crippen molar-refractivity contribution in [3.05, 3.63) is 71.0 Å². The van der Waals surface area contributed by atoms with E-state index in [2.05, 4.69) is 55.7 Å². The predicted octanol–water partition coefficient (Wildman–Crippen LogP) is 4.79. The van der Waals surface area contributed by atoms with Gasteiger partial charge in [0.1, 0.15) is 0 Å². The van der Waals surface area contributed by atoms with Crippen molar-refractivity contribution in [2.75, 3.05) is 49.5 Å². The van der Waals surface area contributed by atoms with Crippen LogP contribution in [0.2, 0.25) is 5.02 Å². The predicted molar refractivity (Wildman–Crippen MR) is 196 cm³/mol. The van der Waals surface area contributed by atoms with Gasteiger partial charge < -0.3 is 10.2 Å². The van der Waals surface area contributed by atoms with E-state index < -0.39 is 16.1 Å². The van der Waals surface area contributed by atoms with Crippen LogP contribution in [-0.4, -0.2) is 94.6 Å². The van der Waals surface area contributed by atoms with Gasteiger partial charge in [-0.25, -0.2) is 23.2 Å². The van der Waals surface area contributed by atoms with E-state index in [1.165, 1.54) is 5.56 Å². The Bertz CT molecular complexity index is 1990. The summed E-state index contributed by atoms with van der Waals surface area (Å²) < 4.78 is 30.2. The van der Waals surface area contributed by atoms with E-state index in [1.54, 1.807) is 33.7 Å². The number of nitrogens with zero attached hydrogens (tertiary/aromatic N) is 7. The number of nitrogens with one attached hydrogen (secondary N) is 2. The number of likely N-dealkylation sites (tertiary alicyclic amines) is 1. The topological polar surface area (TPSA) is 146 Å². The molecule has 1 unspecified atom stereocenters. The van der Waals surface area contributed by atoms with Crippen molar-refractivity contribution in [3.8, 4) is 0 Å². The largest absolute Gasteiger partial charge is 0.351 e. The molecular weight excluding hydrogens is 690 g/mol. The minimum Gasteiger partial charge on any atom is -0.351 e. The number of hydrogen-bond acceptors (Lipinski definition) is 9. The number of carbonyl (C=O) groups is 2. The maximum Gasteiger partial charge on any atom is 0.329 e. The number of hydrogen-bond donors (Lipinski definition) is 2. The molecule has 3 aliphatic heterocycles. The summed E-state index contributed by atoms with van der Waals surface area (Å²) in [5.41, 5.74) is 3.40. The quantitative estimate of drug-likeness (QED) is 0.235. The Labute approximate surface area is 303 Å². The zero-order valence-corrected chi connectivity index (χ0v) is 30.5. The molecule has 270 valence electrons. The van der Waals surface area contributed by atoms with Crippen molar-refractivity contribution in [1.29, 1.82) is 0 Å². The highest BCUT2D eigenvalue weighted by Gasteiger charge is 2.31. The number of piperidine rings is 2. The van der Waals surface area contributed by atoms with Crippen LogP contribution >= 0.6 is 11.6 Å². The summed E-state index contributed by atoms with van der Waals surface area (Å²) in [4.78, 5) is 36.9. The molecule has 0 bridgehead atoms. The number of fused-ring (bicyclic) bond motifs is 1. The first-order chi connectivity index (χ1) is 24.5. The summed E-state index contributed by atoms with van der Waals surface area (Å²) in [7, 11) is -1.68. The lowest BCUT2D eigenvalue weighted by Gasteiger charge is -2.34. The second-order valence-electron chi connectivity index (χ2n) is 14.1. The molecule has 0 radical (unpaired) electrons. The lowest BCUT2D eigenvalue weighted by molar-refractivity contribution is -0.120. The SMILES string of the molecule is CC(Cc1ccc(S(=O)(=O)N2CCC(Nc3ncc(Cl)cn3)CC2)cc1)CN1CCC(c2ccc3c(N4CCC(=O)NC4=O)nn(C)c3c2)CC1. The van der Waals surface area contributed by atoms with Crippen LogP contribution in [0.5, 0.6) is 0 Å². The number of halogens is 1. The van der Waals surface area contributed by atoms with Crippen molar-refractivity contribution in [1.82, 2.24) is 34.3 Å². The third-order valence-electron chi connectivity index (χ3n) is 10.3. The highest BCUT2D eigenvalue weighted by Crippen LogP contribution is 2.34. The summed E-state index contributed by atoms with van der Waals surface area (Å²) in [6.45, 7) is 6.47. The maximum atomic E-state index is 13.4. The van der Waals surface area contributed by atoms with Crippen LogP contribution in [0.25, 0.3) is 10.9 Å². The molecule has 7 rings (SSSR count). The average Bonchev–Trinajstić information content (AvgIpc) is 3.45. The average molecular weight is 734 g/mol. The second kappa shape index (κ2) is 14.9. The minimum absolute atomic E-state index is 0.101. The van der Waals surface area contributed by atoms with Gasteiger partial charge in [0, 0.05) is 51.1 Å². The Morgan fingerprint density at radius 3 is 2.35 bits per heavy atom. The number of benzene rings is 2. The van der Waals surface area contributed by atoms with Gasteiger partial charge in [-0.3, -0.25) is 19.7 Å². The van der Waals surface area contributed by atoms with Crippen molar-refractivity contribution in [2.45, 2.75) is 62.3 Å². The van der Waals surface area contributed by atoms with E-state index in [1.807, 2.05) is 23.9 Å². The molecule has 2 aromatic heterocycles. The van der Waals surface area contributed by atoms with Gasteiger partial charge in [0.2, 0.25) is 21.9 Å². The van der Waals surface area contributed by atoms with Gasteiger partial charge in [-0.2, -0.15) is 9.40 Å². The molecule has 2 aromatic carbocycles. The number of imide groups is 1. The number of rotatable bonds is 10. The first-order valence-corrected chi connectivity index (χ1v) is 19.5. The third kappa shape index (κ3) is 7.88. The number of aryl methyl sites for hydroxylation is 1. The van der Waals surface area contributed by atoms with Gasteiger partial charge in [0.25, 0.3) is 0 Å². The summed E-state index contributed by atoms with van der Waals surface area (Å²) >= 11 is 5.87. The van der Waals surface area contributed by atoms with E-state index in [4.69, 9.17) is 11.6 Å². The summed E-state index contributed by atoms with van der Waals surface area (Å²) in [5.74, 6) is 1.69. The van der Waals surface area contributed by atoms with Gasteiger partial charge in [-0.05, 0) is 92.4 Å². The number of urea groups is 1. The van der Waals surface area contributed by atoms with Crippen LogP contribution in [0, 0.1) is 5.92 Å². The summed E-state index contributed by atoms with van der Waals surface area (Å²) in [5, 5.41) is 11.7. The van der Waals surface area contributed by atoms with Gasteiger partial charge in [-0.15, -0.1) is 0 Å². The van der Waals surface area contributed by atoms with Crippen LogP contribution in [-0.2, 0) is 28.3 Å². The Morgan fingerprint density at radius 1 is 0.961 bits per heavy atom. The molecule has 51 heavy (non-hydrogen) atoms. The van der Waals surface area contributed by atoms with E-state index >= 15 is 0 Å². The number of anilines is 2. The molecule has 1 atom stereocenters. The number of carbonyl (C=O) groups excluding carboxylic acids is 2. The third-order valence-corrected chi connectivity index (χ3v) is 12.5. The molecule has 0 spiro atoms. The van der Waals surface area contributed by atoms with Crippen molar-refractivity contribution >= 4 is 56.2 Å². The zero-order chi connectivity index (χ0) is 35.7. The first kappa shape index (κ1) is 35.3. The number of amides is 3. The maximum absolute atomic E-state index is 13.4. The van der Waals surface area contributed by atoms with Crippen LogP contribution in [0.4, 0.5) is 16.6 Å². The molecule has 2 N–H and O–H groups in total. The van der Waals surface area contributed by atoms with E-state index in [0.29, 0.717) is 66.0 Å². The molecule has 0 saturated carbocycles. The Morgan fingerprint density at radius 2 is 1.67 bits per heavy atom. The summed E-state index contributed by atoms with van der Waals surface area (Å²) in [6.07, 6.45) is 7.69. The van der Waals surface area contributed by atoms with Gasteiger partial charge >= 0.3 is 6.03 Å². The smallest absolute Gasteiger partial charge is 0.329 e. The molecule has 3 aliphatic rings. The van der Waals surface area contributed by atoms with Crippen LogP contribution in [0.3, 0.4) is 0 Å². The first-order valence-electron chi connectivity index (χ1n) is 17.7. The van der Waals surface area contributed by atoms with E-state index in [-0.39, 0.29) is 18.4 Å². The van der Waals surface area contributed by atoms with Crippen molar-refractivity contribution in [3.63, 3.8) is 0 Å². The highest BCUT2D eigenvalue weighted by molar-refractivity contribution is 7.89. The normalized spacial score (nSPS) is 19.4. The van der Waals surface area contributed by atoms with Crippen molar-refractivity contribution < 1.29 is 18.0 Å². The van der Waals surface area contributed by atoms with Crippen LogP contribution < -0.4 is 15.5 Å². The molecule has 13 nitrogen and oxygen atoms in total. The lowest BCUT2D eigenvalue weighted by Crippen LogP contribution is -2.49. The zero-order valence-electron chi connectivity index (χ0n) is 29.0. The monoisotopic (exact) mass is 733 g/mol. The molecular formula is C36H44ClN9O4S. The Hall–Kier alpha value is -4.11. The fourth-order valence-electron chi connectivity index (χ4n) is 7.59. The Balaban J connectivity index is 0.881. The van der Waals surface area contributed by atoms with Crippen LogP contribution in [0.15, 0.2) is 59.8 Å². The van der Waals surface area contributed by atoms with Gasteiger partial charge in [0.05, 0.1) is 27.8 Å². The second-order valence-corrected chi connectivity index (χ2v) is 16.4. The number of aromatic nitrogens is 4. The molecule has 15 heteroatoms. The van der Waals surface area contributed by atoms with E-state index in [9.17, 15) is 18.0 Å². The molecule has 4 aromatic rings. The standard InChI is InChI=1S/C36H44ClN9O4S/c1-24(19-25-3-6-30(7-4-25)51(49,50)45-16-11-29(12-17-45)40-35-38-21-28(37)22-39-35)23-44-14-9-26(10-15-44)27-5-8-31-32(20-27)43(2)42-34(31)46-18-13-33(47)41-36(46)48/h3-8,20-22,24,26,29H,9-19,23H2,1-2H3,(H,38,39,40)(H,41,47,48). The molecule has 3 fully saturated rings. The number of sulfonamides is 1.